The molecule has 0 aliphatic rings. The largest absolute Gasteiger partial charge is 0.487 e. The van der Waals surface area contributed by atoms with Gasteiger partial charge in [-0.25, -0.2) is 4.39 Å². The Morgan fingerprint density at radius 2 is 1.85 bits per heavy atom. The fourth-order valence-corrected chi connectivity index (χ4v) is 2.73. The molecule has 0 aliphatic carbocycles. The summed E-state index contributed by atoms with van der Waals surface area (Å²) in [5.74, 6) is 0.242. The Labute approximate surface area is 161 Å². The summed E-state index contributed by atoms with van der Waals surface area (Å²) in [6, 6.07) is 17.3. The van der Waals surface area contributed by atoms with Crippen molar-refractivity contribution in [3.8, 4) is 5.75 Å². The molecule has 3 rings (SSSR count). The second-order valence-electron chi connectivity index (χ2n) is 5.80. The Kier molecular flexibility index (Phi) is 5.92. The van der Waals surface area contributed by atoms with Crippen molar-refractivity contribution in [3.63, 3.8) is 0 Å². The van der Waals surface area contributed by atoms with Crippen molar-refractivity contribution in [3.05, 3.63) is 93.2 Å². The predicted molar refractivity (Wildman–Crippen MR) is 106 cm³/mol. The first-order valence-corrected chi connectivity index (χ1v) is 8.74. The zero-order valence-corrected chi connectivity index (χ0v) is 15.6. The van der Waals surface area contributed by atoms with Gasteiger partial charge in [-0.2, -0.15) is 0 Å². The van der Waals surface area contributed by atoms with Crippen LogP contribution in [0, 0.1) is 12.7 Å². The van der Waals surface area contributed by atoms with E-state index in [2.05, 4.69) is 4.99 Å². The van der Waals surface area contributed by atoms with Gasteiger partial charge in [0, 0.05) is 11.2 Å². The lowest BCUT2D eigenvalue weighted by Gasteiger charge is -2.09. The molecule has 0 saturated carbocycles. The summed E-state index contributed by atoms with van der Waals surface area (Å²) in [6.07, 6.45) is 1.71. The number of halogens is 3. The number of hydrogen-bond donors (Lipinski definition) is 0. The minimum absolute atomic E-state index is 0.243. The zero-order chi connectivity index (χ0) is 18.5. The SMILES string of the molecule is Cc1ccc(N=Cc2ccc(OCc3cccc(F)c3)c(Cl)c2)cc1Cl. The molecule has 0 radical (unpaired) electrons. The van der Waals surface area contributed by atoms with Gasteiger partial charge in [-0.3, -0.25) is 4.99 Å². The molecule has 0 saturated heterocycles. The topological polar surface area (TPSA) is 21.6 Å². The minimum Gasteiger partial charge on any atom is -0.487 e. The van der Waals surface area contributed by atoms with Gasteiger partial charge in [0.15, 0.2) is 0 Å². The summed E-state index contributed by atoms with van der Waals surface area (Å²) in [5, 5.41) is 1.14. The van der Waals surface area contributed by atoms with E-state index < -0.39 is 0 Å². The second kappa shape index (κ2) is 8.35. The average molecular weight is 388 g/mol. The molecule has 0 aromatic heterocycles. The Morgan fingerprint density at radius 1 is 1.00 bits per heavy atom. The molecule has 0 bridgehead atoms. The molecule has 3 aromatic carbocycles. The van der Waals surface area contributed by atoms with E-state index in [0.717, 1.165) is 22.4 Å². The highest BCUT2D eigenvalue weighted by atomic mass is 35.5. The first-order valence-electron chi connectivity index (χ1n) is 7.98. The number of aryl methyl sites for hydroxylation is 1. The van der Waals surface area contributed by atoms with Gasteiger partial charge in [0.05, 0.1) is 10.7 Å². The number of nitrogens with zero attached hydrogens (tertiary/aromatic N) is 1. The quantitative estimate of drug-likeness (QED) is 0.442. The highest BCUT2D eigenvalue weighted by molar-refractivity contribution is 6.32. The molecule has 0 N–H and O–H groups in total. The summed E-state index contributed by atoms with van der Waals surface area (Å²) in [4.78, 5) is 4.40. The summed E-state index contributed by atoms with van der Waals surface area (Å²) in [6.45, 7) is 2.19. The maximum absolute atomic E-state index is 13.2. The molecule has 0 unspecified atom stereocenters. The van der Waals surface area contributed by atoms with Gasteiger partial charge in [0.2, 0.25) is 0 Å². The van der Waals surface area contributed by atoms with Crippen LogP contribution in [0.5, 0.6) is 5.75 Å². The van der Waals surface area contributed by atoms with Crippen LogP contribution in [0.15, 0.2) is 65.7 Å². The van der Waals surface area contributed by atoms with E-state index in [1.807, 2.05) is 31.2 Å². The molecular formula is C21H16Cl2FNO. The number of hydrogen-bond acceptors (Lipinski definition) is 2. The van der Waals surface area contributed by atoms with Gasteiger partial charge in [-0.05, 0) is 66.1 Å². The summed E-state index contributed by atoms with van der Waals surface area (Å²) >= 11 is 12.4. The van der Waals surface area contributed by atoms with Gasteiger partial charge in [0.25, 0.3) is 0 Å². The third kappa shape index (κ3) is 4.84. The van der Waals surface area contributed by atoms with E-state index in [1.165, 1.54) is 12.1 Å². The maximum atomic E-state index is 13.2. The molecule has 0 heterocycles. The lowest BCUT2D eigenvalue weighted by atomic mass is 10.2. The summed E-state index contributed by atoms with van der Waals surface area (Å²) in [5.41, 5.74) is 3.35. The standard InChI is InChI=1S/C21H16Cl2FNO/c1-14-5-7-18(11-19(14)22)25-12-15-6-8-21(20(23)10-15)26-13-16-3-2-4-17(24)9-16/h2-12H,13H2,1H3. The van der Waals surface area contributed by atoms with E-state index in [1.54, 1.807) is 30.5 Å². The van der Waals surface area contributed by atoms with Crippen molar-refractivity contribution in [1.29, 1.82) is 0 Å². The Hall–Kier alpha value is -2.36. The monoisotopic (exact) mass is 387 g/mol. The lowest BCUT2D eigenvalue weighted by Crippen LogP contribution is -1.97. The normalized spacial score (nSPS) is 11.1. The van der Waals surface area contributed by atoms with Crippen LogP contribution in [0.4, 0.5) is 10.1 Å². The molecule has 0 aliphatic heterocycles. The smallest absolute Gasteiger partial charge is 0.138 e. The van der Waals surface area contributed by atoms with E-state index in [4.69, 9.17) is 27.9 Å². The van der Waals surface area contributed by atoms with Gasteiger partial charge in [-0.1, -0.05) is 41.4 Å². The van der Waals surface area contributed by atoms with Crippen LogP contribution in [0.25, 0.3) is 0 Å². The van der Waals surface area contributed by atoms with Crippen molar-refractivity contribution < 1.29 is 9.13 Å². The highest BCUT2D eigenvalue weighted by Crippen LogP contribution is 2.27. The van der Waals surface area contributed by atoms with Gasteiger partial charge < -0.3 is 4.74 Å². The van der Waals surface area contributed by atoms with E-state index in [0.29, 0.717) is 15.8 Å². The minimum atomic E-state index is -0.292. The van der Waals surface area contributed by atoms with Gasteiger partial charge in [-0.15, -0.1) is 0 Å². The van der Waals surface area contributed by atoms with Gasteiger partial charge in [0.1, 0.15) is 18.2 Å². The highest BCUT2D eigenvalue weighted by Gasteiger charge is 2.04. The van der Waals surface area contributed by atoms with Gasteiger partial charge >= 0.3 is 0 Å². The Balaban J connectivity index is 1.68. The Bertz CT molecular complexity index is 956. The van der Waals surface area contributed by atoms with E-state index in [9.17, 15) is 4.39 Å². The third-order valence-electron chi connectivity index (χ3n) is 3.76. The molecule has 26 heavy (non-hydrogen) atoms. The number of benzene rings is 3. The maximum Gasteiger partial charge on any atom is 0.138 e. The van der Waals surface area contributed by atoms with Crippen LogP contribution in [0.2, 0.25) is 10.0 Å². The third-order valence-corrected chi connectivity index (χ3v) is 4.46. The average Bonchev–Trinajstić information content (AvgIpc) is 2.62. The summed E-state index contributed by atoms with van der Waals surface area (Å²) < 4.78 is 18.9. The van der Waals surface area contributed by atoms with Crippen LogP contribution in [-0.4, -0.2) is 6.21 Å². The van der Waals surface area contributed by atoms with Crippen LogP contribution in [0.1, 0.15) is 16.7 Å². The van der Waals surface area contributed by atoms with Crippen molar-refractivity contribution in [2.45, 2.75) is 13.5 Å². The fourth-order valence-electron chi connectivity index (χ4n) is 2.31. The van der Waals surface area contributed by atoms with Crippen LogP contribution < -0.4 is 4.74 Å². The van der Waals surface area contributed by atoms with E-state index in [-0.39, 0.29) is 12.4 Å². The van der Waals surface area contributed by atoms with Crippen molar-refractivity contribution in [1.82, 2.24) is 0 Å². The van der Waals surface area contributed by atoms with Crippen LogP contribution >= 0.6 is 23.2 Å². The Morgan fingerprint density at radius 3 is 2.58 bits per heavy atom. The molecule has 0 fully saturated rings. The molecule has 5 heteroatoms. The predicted octanol–water partition coefficient (Wildman–Crippen LogP) is 6.77. The molecular weight excluding hydrogens is 372 g/mol. The molecule has 0 amide bonds. The lowest BCUT2D eigenvalue weighted by molar-refractivity contribution is 0.306. The molecule has 132 valence electrons. The molecule has 2 nitrogen and oxygen atoms in total. The van der Waals surface area contributed by atoms with Crippen LogP contribution in [0.3, 0.4) is 0 Å². The van der Waals surface area contributed by atoms with Crippen molar-refractivity contribution >= 4 is 35.1 Å². The van der Waals surface area contributed by atoms with E-state index >= 15 is 0 Å². The zero-order valence-electron chi connectivity index (χ0n) is 14.0. The number of rotatable bonds is 5. The first-order chi connectivity index (χ1) is 12.5. The second-order valence-corrected chi connectivity index (χ2v) is 6.61. The molecule has 0 atom stereocenters. The summed E-state index contributed by atoms with van der Waals surface area (Å²) in [7, 11) is 0. The van der Waals surface area contributed by atoms with Crippen molar-refractivity contribution in [2.24, 2.45) is 4.99 Å². The molecule has 3 aromatic rings. The number of ether oxygens (including phenoxy) is 1. The molecule has 0 spiro atoms. The van der Waals surface area contributed by atoms with Crippen LogP contribution in [-0.2, 0) is 6.61 Å². The first kappa shape index (κ1) is 18.4. The fraction of sp³-hybridized carbons (Fsp3) is 0.0952. The van der Waals surface area contributed by atoms with Crippen molar-refractivity contribution in [2.75, 3.05) is 0 Å². The number of aliphatic imine (C=N–C) groups is 1.